The van der Waals surface area contributed by atoms with Crippen LogP contribution in [0.2, 0.25) is 0 Å². The number of hydrogen-bond donors (Lipinski definition) is 0. The van der Waals surface area contributed by atoms with Crippen LogP contribution in [0.1, 0.15) is 61.6 Å². The molecule has 1 aliphatic carbocycles. The summed E-state index contributed by atoms with van der Waals surface area (Å²) >= 11 is 3.76. The molecule has 2 nitrogen and oxygen atoms in total. The molecule has 0 spiro atoms. The Morgan fingerprint density at radius 3 is 1.90 bits per heavy atom. The van der Waals surface area contributed by atoms with E-state index >= 15 is 0 Å². The van der Waals surface area contributed by atoms with E-state index in [0.29, 0.717) is 5.56 Å². The third kappa shape index (κ3) is 5.76. The Labute approximate surface area is 250 Å². The number of aryl methyl sites for hydroxylation is 2. The van der Waals surface area contributed by atoms with Gasteiger partial charge in [-0.1, -0.05) is 79.4 Å². The highest BCUT2D eigenvalue weighted by Gasteiger charge is 2.23. The Hall–Kier alpha value is -3.99. The molecule has 3 aromatic carbocycles. The summed E-state index contributed by atoms with van der Waals surface area (Å²) in [5.74, 6) is -0.319. The average molecular weight is 573 g/mol. The first-order valence-corrected chi connectivity index (χ1v) is 15.6. The highest BCUT2D eigenvalue weighted by atomic mass is 32.1. The van der Waals surface area contributed by atoms with Gasteiger partial charge in [-0.3, -0.25) is 0 Å². The van der Waals surface area contributed by atoms with E-state index in [1.54, 1.807) is 18.2 Å². The summed E-state index contributed by atoms with van der Waals surface area (Å²) in [6, 6.07) is 31.1. The van der Waals surface area contributed by atoms with Crippen molar-refractivity contribution in [1.29, 1.82) is 0 Å². The third-order valence-corrected chi connectivity index (χ3v) is 9.95. The summed E-state index contributed by atoms with van der Waals surface area (Å²) in [5.41, 5.74) is 10.8. The Morgan fingerprint density at radius 2 is 1.34 bits per heavy atom. The Morgan fingerprint density at radius 1 is 0.780 bits per heavy atom. The molecule has 6 rings (SSSR count). The van der Waals surface area contributed by atoms with Gasteiger partial charge in [-0.25, -0.2) is 4.79 Å². The van der Waals surface area contributed by atoms with E-state index in [2.05, 4.69) is 87.2 Å². The molecule has 0 bridgehead atoms. The highest BCUT2D eigenvalue weighted by Crippen LogP contribution is 2.47. The van der Waals surface area contributed by atoms with Crippen LogP contribution >= 0.6 is 22.7 Å². The first-order chi connectivity index (χ1) is 20.0. The topological polar surface area (TPSA) is 26.3 Å². The highest BCUT2D eigenvalue weighted by molar-refractivity contribution is 7.16. The number of rotatable bonds is 8. The molecule has 0 saturated heterocycles. The number of hydrogen-bond acceptors (Lipinski definition) is 4. The summed E-state index contributed by atoms with van der Waals surface area (Å²) in [4.78, 5) is 17.8. The first kappa shape index (κ1) is 27.2. The molecule has 0 saturated carbocycles. The van der Waals surface area contributed by atoms with Crippen molar-refractivity contribution < 1.29 is 9.53 Å². The van der Waals surface area contributed by atoms with Crippen LogP contribution in [-0.2, 0) is 11.3 Å². The predicted molar refractivity (Wildman–Crippen MR) is 175 cm³/mol. The normalized spacial score (nSPS) is 13.0. The van der Waals surface area contributed by atoms with E-state index in [9.17, 15) is 4.79 Å². The number of ether oxygens (including phenoxy) is 1. The molecular formula is C37H32O2S2. The molecule has 4 heteroatoms. The van der Waals surface area contributed by atoms with Crippen molar-refractivity contribution in [2.75, 3.05) is 0 Å². The van der Waals surface area contributed by atoms with E-state index in [0.717, 1.165) is 24.0 Å². The number of allylic oxidation sites excluding steroid dienone is 2. The summed E-state index contributed by atoms with van der Waals surface area (Å²) in [6.45, 7) is 8.51. The minimum Gasteiger partial charge on any atom is -0.457 e. The maximum Gasteiger partial charge on any atom is 0.338 e. The van der Waals surface area contributed by atoms with Crippen molar-refractivity contribution in [2.24, 2.45) is 0 Å². The lowest BCUT2D eigenvalue weighted by molar-refractivity contribution is 0.0472. The molecule has 5 aromatic rings. The second kappa shape index (κ2) is 11.9. The van der Waals surface area contributed by atoms with Crippen LogP contribution in [0, 0.1) is 13.8 Å². The molecule has 0 amide bonds. The Kier molecular flexibility index (Phi) is 7.86. The maximum atomic E-state index is 12.4. The van der Waals surface area contributed by atoms with Crippen LogP contribution in [0.25, 0.3) is 38.1 Å². The van der Waals surface area contributed by atoms with Gasteiger partial charge in [0.25, 0.3) is 0 Å². The van der Waals surface area contributed by atoms with Crippen LogP contribution in [0.4, 0.5) is 0 Å². The standard InChI is InChI=1S/C37H32O2S2/c1-4-26-13-19-30(20-14-26)37(38)39-23-27-15-17-29(18-16-27)36-22-34(25(3)41-36)32-12-8-11-31(32)33-21-35(40-24(33)2)28-9-6-5-7-10-28/h4-7,9-10,13-22H,1,8,11-12,23H2,2-3H3. The van der Waals surface area contributed by atoms with Crippen LogP contribution in [0.3, 0.4) is 0 Å². The predicted octanol–water partition coefficient (Wildman–Crippen LogP) is 10.9. The zero-order valence-electron chi connectivity index (χ0n) is 23.4. The lowest BCUT2D eigenvalue weighted by Crippen LogP contribution is -2.05. The van der Waals surface area contributed by atoms with Crippen molar-refractivity contribution in [3.05, 3.63) is 135 Å². The van der Waals surface area contributed by atoms with E-state index < -0.39 is 0 Å². The molecule has 204 valence electrons. The van der Waals surface area contributed by atoms with Crippen molar-refractivity contribution >= 4 is 45.9 Å². The van der Waals surface area contributed by atoms with Crippen molar-refractivity contribution in [2.45, 2.75) is 39.7 Å². The van der Waals surface area contributed by atoms with Gasteiger partial charge in [0.15, 0.2) is 0 Å². The van der Waals surface area contributed by atoms with E-state index in [-0.39, 0.29) is 12.6 Å². The van der Waals surface area contributed by atoms with E-state index in [4.69, 9.17) is 4.74 Å². The maximum absolute atomic E-state index is 12.4. The van der Waals surface area contributed by atoms with Crippen LogP contribution in [-0.4, -0.2) is 5.97 Å². The molecule has 0 atom stereocenters. The fourth-order valence-electron chi connectivity index (χ4n) is 5.54. The fraction of sp³-hybridized carbons (Fsp3) is 0.162. The summed E-state index contributed by atoms with van der Waals surface area (Å²) in [7, 11) is 0. The van der Waals surface area contributed by atoms with Gasteiger partial charge < -0.3 is 4.74 Å². The molecular weight excluding hydrogens is 541 g/mol. The van der Waals surface area contributed by atoms with Crippen molar-refractivity contribution in [3.8, 4) is 20.9 Å². The minimum atomic E-state index is -0.319. The molecule has 0 radical (unpaired) electrons. The Bertz CT molecular complexity index is 1730. The smallest absolute Gasteiger partial charge is 0.338 e. The fourth-order valence-corrected chi connectivity index (χ4v) is 7.65. The summed E-state index contributed by atoms with van der Waals surface area (Å²) in [6.07, 6.45) is 5.22. The molecule has 2 aromatic heterocycles. The second-order valence-corrected chi connectivity index (χ2v) is 12.9. The van der Waals surface area contributed by atoms with E-state index in [1.165, 1.54) is 59.3 Å². The first-order valence-electron chi connectivity index (χ1n) is 14.0. The van der Waals surface area contributed by atoms with Gasteiger partial charge in [-0.05, 0) is 102 Å². The van der Waals surface area contributed by atoms with Crippen molar-refractivity contribution in [1.82, 2.24) is 0 Å². The lowest BCUT2D eigenvalue weighted by atomic mass is 9.96. The second-order valence-electron chi connectivity index (χ2n) is 10.4. The number of carbonyl (C=O) groups excluding carboxylic acids is 1. The molecule has 0 fully saturated rings. The van der Waals surface area contributed by atoms with Gasteiger partial charge in [0.05, 0.1) is 5.56 Å². The van der Waals surface area contributed by atoms with Gasteiger partial charge >= 0.3 is 5.97 Å². The molecule has 2 heterocycles. The minimum absolute atomic E-state index is 0.248. The molecule has 0 aliphatic heterocycles. The average Bonchev–Trinajstić information content (AvgIpc) is 3.74. The molecule has 0 N–H and O–H groups in total. The molecule has 41 heavy (non-hydrogen) atoms. The van der Waals surface area contributed by atoms with Gasteiger partial charge in [-0.2, -0.15) is 0 Å². The van der Waals surface area contributed by atoms with Crippen molar-refractivity contribution in [3.63, 3.8) is 0 Å². The molecule has 1 aliphatic rings. The lowest BCUT2D eigenvalue weighted by Gasteiger charge is -2.08. The van der Waals surface area contributed by atoms with Gasteiger partial charge in [0.2, 0.25) is 0 Å². The molecule has 0 unspecified atom stereocenters. The van der Waals surface area contributed by atoms with E-state index in [1.807, 2.05) is 34.8 Å². The monoisotopic (exact) mass is 572 g/mol. The third-order valence-electron chi connectivity index (χ3n) is 7.75. The van der Waals surface area contributed by atoms with Crippen LogP contribution in [0.15, 0.2) is 97.6 Å². The van der Waals surface area contributed by atoms with Crippen LogP contribution in [0.5, 0.6) is 0 Å². The largest absolute Gasteiger partial charge is 0.457 e. The summed E-state index contributed by atoms with van der Waals surface area (Å²) in [5, 5.41) is 0. The summed E-state index contributed by atoms with van der Waals surface area (Å²) < 4.78 is 5.55. The quantitative estimate of drug-likeness (QED) is 0.173. The number of benzene rings is 3. The number of esters is 1. The Balaban J connectivity index is 1.19. The van der Waals surface area contributed by atoms with Gasteiger partial charge in [0.1, 0.15) is 6.61 Å². The van der Waals surface area contributed by atoms with Gasteiger partial charge in [-0.15, -0.1) is 22.7 Å². The van der Waals surface area contributed by atoms with Crippen LogP contribution < -0.4 is 0 Å². The zero-order valence-corrected chi connectivity index (χ0v) is 25.0. The van der Waals surface area contributed by atoms with Gasteiger partial charge in [0, 0.05) is 19.5 Å². The SMILES string of the molecule is C=Cc1ccc(C(=O)OCc2ccc(-c3cc(C4=C(c5cc(-c6ccccc6)sc5C)CCC4)c(C)s3)cc2)cc1. The zero-order chi connectivity index (χ0) is 28.3. The number of thiophene rings is 2. The number of carbonyl (C=O) groups is 1.